The van der Waals surface area contributed by atoms with Crippen LogP contribution in [0.2, 0.25) is 0 Å². The Morgan fingerprint density at radius 1 is 1.10 bits per heavy atom. The quantitative estimate of drug-likeness (QED) is 0.312. The van der Waals surface area contributed by atoms with Crippen LogP contribution in [-0.2, 0) is 18.3 Å². The first-order chi connectivity index (χ1) is 19.3. The smallest absolute Gasteiger partial charge is 0.410 e. The third-order valence-corrected chi connectivity index (χ3v) is 9.13. The fourth-order valence-corrected chi connectivity index (χ4v) is 7.23. The van der Waals surface area contributed by atoms with Crippen molar-refractivity contribution in [3.8, 4) is 11.5 Å². The molecule has 2 amide bonds. The number of carbonyl (C=O) groups is 2. The van der Waals surface area contributed by atoms with Crippen LogP contribution in [0, 0.1) is 0 Å². The first-order valence-corrected chi connectivity index (χ1v) is 16.9. The number of thioether (sulfide) groups is 1. The predicted molar refractivity (Wildman–Crippen MR) is 161 cm³/mol. The van der Waals surface area contributed by atoms with Gasteiger partial charge in [0.05, 0.1) is 31.5 Å². The molecule has 0 aromatic heterocycles. The summed E-state index contributed by atoms with van der Waals surface area (Å²) >= 11 is 1.38. The lowest BCUT2D eigenvalue weighted by atomic mass is 10.1. The second-order valence-electron chi connectivity index (χ2n) is 11.1. The van der Waals surface area contributed by atoms with Gasteiger partial charge in [0.1, 0.15) is 23.2 Å². The molecule has 1 aromatic rings. The monoisotopic (exact) mass is 613 g/mol. The average molecular weight is 614 g/mol. The van der Waals surface area contributed by atoms with E-state index in [1.807, 2.05) is 34.6 Å². The van der Waals surface area contributed by atoms with Crippen molar-refractivity contribution in [3.05, 3.63) is 23.8 Å². The first kappa shape index (κ1) is 33.2. The van der Waals surface area contributed by atoms with Gasteiger partial charge in [0.15, 0.2) is 5.17 Å². The average Bonchev–Trinajstić information content (AvgIpc) is 3.29. The Balaban J connectivity index is 1.66. The maximum absolute atomic E-state index is 13.2. The van der Waals surface area contributed by atoms with E-state index < -0.39 is 13.2 Å². The van der Waals surface area contributed by atoms with Crippen LogP contribution >= 0.6 is 19.4 Å². The highest BCUT2D eigenvalue weighted by Crippen LogP contribution is 2.49. The second-order valence-corrected chi connectivity index (χ2v) is 14.2. The van der Waals surface area contributed by atoms with E-state index in [2.05, 4.69) is 10.3 Å². The molecule has 1 aromatic carbocycles. The lowest BCUT2D eigenvalue weighted by Crippen LogP contribution is -2.44. The Hall–Kier alpha value is -2.27. The van der Waals surface area contributed by atoms with E-state index >= 15 is 0 Å². The van der Waals surface area contributed by atoms with Crippen molar-refractivity contribution in [2.75, 3.05) is 38.2 Å². The molecule has 13 heteroatoms. The molecule has 1 fully saturated rings. The highest BCUT2D eigenvalue weighted by atomic mass is 32.2. The van der Waals surface area contributed by atoms with Gasteiger partial charge in [-0.05, 0) is 60.6 Å². The van der Waals surface area contributed by atoms with Crippen molar-refractivity contribution in [1.82, 2.24) is 10.2 Å². The van der Waals surface area contributed by atoms with Gasteiger partial charge in [-0.3, -0.25) is 14.4 Å². The molecule has 1 saturated heterocycles. The van der Waals surface area contributed by atoms with Crippen molar-refractivity contribution < 1.29 is 37.4 Å². The molecule has 0 spiro atoms. The number of piperidine rings is 1. The predicted octanol–water partition coefficient (Wildman–Crippen LogP) is 5.72. The van der Waals surface area contributed by atoms with Crippen LogP contribution in [-0.4, -0.2) is 84.1 Å². The first-order valence-electron chi connectivity index (χ1n) is 14.2. The van der Waals surface area contributed by atoms with Crippen molar-refractivity contribution in [2.24, 2.45) is 4.99 Å². The molecule has 0 radical (unpaired) electrons. The standard InChI is InChI=1S/C28H44N3O8PS/c1-8-35-40(34,36-9-2)17-21-18-41-26(29-21)30-25(32)20-14-23(37-19(3)4)16-24(15-20)38-22-10-12-31(13-11-22)27(33)39-28(5,6)7/h14-16,19,21-22H,8-13,17-18H2,1-7H3,(H,29,30,32). The third kappa shape index (κ3) is 10.8. The number of nitrogens with one attached hydrogen (secondary N) is 1. The molecule has 230 valence electrons. The SMILES string of the molecule is CCOP(=O)(CC1CSC(NC(=O)c2cc(OC(C)C)cc(OC3CCN(C(=O)OC(C)(C)C)CC3)c2)=N1)OCC. The molecule has 2 aliphatic heterocycles. The second kappa shape index (κ2) is 14.8. The molecule has 2 heterocycles. The summed E-state index contributed by atoms with van der Waals surface area (Å²) < 4.78 is 41.3. The van der Waals surface area contributed by atoms with Crippen molar-refractivity contribution in [3.63, 3.8) is 0 Å². The van der Waals surface area contributed by atoms with Crippen molar-refractivity contribution in [1.29, 1.82) is 0 Å². The van der Waals surface area contributed by atoms with E-state index in [9.17, 15) is 14.2 Å². The van der Waals surface area contributed by atoms with Gasteiger partial charge in [-0.15, -0.1) is 0 Å². The molecule has 3 rings (SSSR count). The summed E-state index contributed by atoms with van der Waals surface area (Å²) in [6.07, 6.45) is 0.886. The van der Waals surface area contributed by atoms with Crippen molar-refractivity contribution >= 4 is 36.5 Å². The topological polar surface area (TPSA) is 125 Å². The summed E-state index contributed by atoms with van der Waals surface area (Å²) in [5.74, 6) is 1.24. The molecule has 11 nitrogen and oxygen atoms in total. The number of amides is 2. The van der Waals surface area contributed by atoms with Crippen LogP contribution in [0.3, 0.4) is 0 Å². The summed E-state index contributed by atoms with van der Waals surface area (Å²) in [6, 6.07) is 4.83. The largest absolute Gasteiger partial charge is 0.491 e. The van der Waals surface area contributed by atoms with Crippen LogP contribution in [0.4, 0.5) is 4.79 Å². The molecule has 41 heavy (non-hydrogen) atoms. The van der Waals surface area contributed by atoms with E-state index in [1.165, 1.54) is 11.8 Å². The number of aliphatic imine (C=N–C) groups is 1. The van der Waals surface area contributed by atoms with Gasteiger partial charge in [0, 0.05) is 43.3 Å². The van der Waals surface area contributed by atoms with Gasteiger partial charge in [-0.1, -0.05) is 11.8 Å². The zero-order valence-corrected chi connectivity index (χ0v) is 26.8. The Morgan fingerprint density at radius 3 is 2.32 bits per heavy atom. The fourth-order valence-electron chi connectivity index (χ4n) is 4.33. The van der Waals surface area contributed by atoms with Crippen LogP contribution in [0.25, 0.3) is 0 Å². The number of likely N-dealkylation sites (tertiary alicyclic amines) is 1. The molecule has 1 unspecified atom stereocenters. The highest BCUT2D eigenvalue weighted by molar-refractivity contribution is 8.14. The number of ether oxygens (including phenoxy) is 3. The summed E-state index contributed by atoms with van der Waals surface area (Å²) in [4.78, 5) is 31.9. The van der Waals surface area contributed by atoms with Crippen LogP contribution < -0.4 is 14.8 Å². The molecule has 1 N–H and O–H groups in total. The van der Waals surface area contributed by atoms with Crippen molar-refractivity contribution in [2.45, 2.75) is 85.2 Å². The maximum atomic E-state index is 13.2. The Labute approximate surface area is 247 Å². The summed E-state index contributed by atoms with van der Waals surface area (Å²) in [5, 5.41) is 3.31. The zero-order chi connectivity index (χ0) is 30.2. The minimum atomic E-state index is -3.25. The molecule has 2 aliphatic rings. The normalized spacial score (nSPS) is 18.3. The number of amidine groups is 1. The molecule has 0 aliphatic carbocycles. The molecule has 0 bridgehead atoms. The number of nitrogens with zero attached hydrogens (tertiary/aromatic N) is 2. The number of hydrogen-bond acceptors (Lipinski definition) is 10. The van der Waals surface area contributed by atoms with Gasteiger partial charge in [0.2, 0.25) is 0 Å². The summed E-state index contributed by atoms with van der Waals surface area (Å²) in [7, 11) is -3.25. The number of hydrogen-bond donors (Lipinski definition) is 1. The van der Waals surface area contributed by atoms with E-state index in [1.54, 1.807) is 36.9 Å². The minimum Gasteiger partial charge on any atom is -0.491 e. The highest BCUT2D eigenvalue weighted by Gasteiger charge is 2.32. The van der Waals surface area contributed by atoms with Crippen LogP contribution in [0.5, 0.6) is 11.5 Å². The molecule has 0 saturated carbocycles. The molecular weight excluding hydrogens is 569 g/mol. The number of carbonyl (C=O) groups excluding carboxylic acids is 2. The lowest BCUT2D eigenvalue weighted by Gasteiger charge is -2.33. The van der Waals surface area contributed by atoms with E-state index in [0.29, 0.717) is 53.9 Å². The fraction of sp³-hybridized carbons (Fsp3) is 0.679. The van der Waals surface area contributed by atoms with E-state index in [-0.39, 0.29) is 49.6 Å². The Morgan fingerprint density at radius 2 is 1.73 bits per heavy atom. The lowest BCUT2D eigenvalue weighted by molar-refractivity contribution is 0.0126. The zero-order valence-electron chi connectivity index (χ0n) is 25.1. The number of benzene rings is 1. The van der Waals surface area contributed by atoms with Gasteiger partial charge in [-0.2, -0.15) is 0 Å². The van der Waals surface area contributed by atoms with E-state index in [4.69, 9.17) is 23.3 Å². The number of rotatable bonds is 11. The van der Waals surface area contributed by atoms with Gasteiger partial charge >= 0.3 is 13.7 Å². The third-order valence-electron chi connectivity index (χ3n) is 5.93. The van der Waals surface area contributed by atoms with Crippen LogP contribution in [0.15, 0.2) is 23.2 Å². The van der Waals surface area contributed by atoms with Gasteiger partial charge in [0.25, 0.3) is 5.91 Å². The molecular formula is C28H44N3O8PS. The maximum Gasteiger partial charge on any atom is 0.410 e. The van der Waals surface area contributed by atoms with Crippen LogP contribution in [0.1, 0.15) is 71.7 Å². The molecule has 1 atom stereocenters. The Bertz CT molecular complexity index is 1120. The summed E-state index contributed by atoms with van der Waals surface area (Å²) in [6.45, 7) is 14.5. The van der Waals surface area contributed by atoms with Gasteiger partial charge in [-0.25, -0.2) is 4.79 Å². The van der Waals surface area contributed by atoms with Gasteiger partial charge < -0.3 is 33.5 Å². The minimum absolute atomic E-state index is 0.0971. The van der Waals surface area contributed by atoms with E-state index in [0.717, 1.165) is 0 Å². The summed E-state index contributed by atoms with van der Waals surface area (Å²) in [5.41, 5.74) is -0.179. The Kier molecular flexibility index (Phi) is 12.0.